The summed E-state index contributed by atoms with van der Waals surface area (Å²) >= 11 is 1.71. The number of furan rings is 1. The van der Waals surface area contributed by atoms with Crippen molar-refractivity contribution in [2.75, 3.05) is 0 Å². The fourth-order valence-electron chi connectivity index (χ4n) is 8.50. The maximum absolute atomic E-state index is 6.40. The van der Waals surface area contributed by atoms with Crippen molar-refractivity contribution in [1.29, 1.82) is 0 Å². The van der Waals surface area contributed by atoms with Gasteiger partial charge in [0, 0.05) is 43.1 Å². The SMILES string of the molecule is c1ccc(-c2ccc(-c3nc(-c4cccc(-c5cccc(-c6nc(-c7ccc(-c8ccccc8)cc7)c7c(n6)sc6ccccc67)c5)c4)nc4oc5ccccc5c34)cc2)cc1. The number of hydrogen-bond acceptors (Lipinski definition) is 6. The van der Waals surface area contributed by atoms with Gasteiger partial charge < -0.3 is 4.42 Å². The molecule has 12 rings (SSSR count). The van der Waals surface area contributed by atoms with E-state index >= 15 is 0 Å². The summed E-state index contributed by atoms with van der Waals surface area (Å²) in [6.45, 7) is 0. The first kappa shape index (κ1) is 35.8. The van der Waals surface area contributed by atoms with Gasteiger partial charge in [0.15, 0.2) is 11.6 Å². The number of rotatable bonds is 7. The quantitative estimate of drug-likeness (QED) is 0.160. The molecule has 0 unspecified atom stereocenters. The maximum Gasteiger partial charge on any atom is 0.231 e. The number of aromatic nitrogens is 4. The predicted molar refractivity (Wildman–Crippen MR) is 256 cm³/mol. The van der Waals surface area contributed by atoms with Crippen LogP contribution >= 0.6 is 11.3 Å². The summed E-state index contributed by atoms with van der Waals surface area (Å²) in [5.74, 6) is 1.28. The van der Waals surface area contributed by atoms with Crippen molar-refractivity contribution in [3.05, 3.63) is 206 Å². The Bertz CT molecular complexity index is 3370. The van der Waals surface area contributed by atoms with Crippen LogP contribution in [0.3, 0.4) is 0 Å². The molecule has 4 heterocycles. The molecule has 6 heteroatoms. The molecule has 8 aromatic carbocycles. The number of fused-ring (bicyclic) bond motifs is 6. The number of benzene rings is 8. The lowest BCUT2D eigenvalue weighted by atomic mass is 9.99. The van der Waals surface area contributed by atoms with Crippen molar-refractivity contribution in [2.45, 2.75) is 0 Å². The van der Waals surface area contributed by atoms with Crippen molar-refractivity contribution >= 4 is 53.7 Å². The second kappa shape index (κ2) is 14.9. The molecule has 0 bridgehead atoms. The molecule has 0 aliphatic rings. The minimum Gasteiger partial charge on any atom is -0.438 e. The van der Waals surface area contributed by atoms with Gasteiger partial charge in [-0.15, -0.1) is 11.3 Å². The minimum absolute atomic E-state index is 0.560. The molecule has 0 N–H and O–H groups in total. The highest BCUT2D eigenvalue weighted by Crippen LogP contribution is 2.41. The smallest absolute Gasteiger partial charge is 0.231 e. The summed E-state index contributed by atoms with van der Waals surface area (Å²) in [4.78, 5) is 21.9. The van der Waals surface area contributed by atoms with E-state index in [4.69, 9.17) is 24.4 Å². The van der Waals surface area contributed by atoms with Gasteiger partial charge in [0.1, 0.15) is 10.4 Å². The molecular formula is C56H34N4OS. The molecule has 290 valence electrons. The molecule has 4 aromatic heterocycles. The summed E-state index contributed by atoms with van der Waals surface area (Å²) in [5.41, 5.74) is 13.7. The molecule has 0 atom stereocenters. The Kier molecular flexibility index (Phi) is 8.61. The Morgan fingerprint density at radius 2 is 0.774 bits per heavy atom. The molecule has 0 amide bonds. The zero-order chi connectivity index (χ0) is 41.0. The van der Waals surface area contributed by atoms with E-state index in [0.717, 1.165) is 76.9 Å². The lowest BCUT2D eigenvalue weighted by molar-refractivity contribution is 0.653. The highest BCUT2D eigenvalue weighted by molar-refractivity contribution is 7.25. The van der Waals surface area contributed by atoms with Crippen molar-refractivity contribution in [3.8, 4) is 78.7 Å². The average Bonchev–Trinajstić information content (AvgIpc) is 3.93. The van der Waals surface area contributed by atoms with E-state index in [1.165, 1.54) is 26.8 Å². The lowest BCUT2D eigenvalue weighted by Gasteiger charge is -2.11. The standard InChI is InChI=1S/C56H34N4OS/c1-3-13-35(14-4-1)37-25-29-39(30-26-37)51-49-45-21-7-9-23-47(45)61-55(49)59-53(57-51)43-19-11-17-41(33-43)42-18-12-20-44(34-42)54-58-52(50-46-22-8-10-24-48(46)62-56(50)60-54)40-31-27-38(28-32-40)36-15-5-2-6-16-36/h1-34H. The third kappa shape index (κ3) is 6.33. The fourth-order valence-corrected chi connectivity index (χ4v) is 9.58. The number of hydrogen-bond donors (Lipinski definition) is 0. The van der Waals surface area contributed by atoms with Gasteiger partial charge in [-0.25, -0.2) is 15.0 Å². The van der Waals surface area contributed by atoms with Gasteiger partial charge >= 0.3 is 0 Å². The van der Waals surface area contributed by atoms with Crippen LogP contribution in [0.25, 0.3) is 121 Å². The maximum atomic E-state index is 6.40. The van der Waals surface area contributed by atoms with Crippen LogP contribution in [0.15, 0.2) is 211 Å². The van der Waals surface area contributed by atoms with Crippen LogP contribution in [-0.4, -0.2) is 19.9 Å². The van der Waals surface area contributed by atoms with Gasteiger partial charge in [-0.05, 0) is 57.6 Å². The summed E-state index contributed by atoms with van der Waals surface area (Å²) in [6, 6.07) is 71.7. The highest BCUT2D eigenvalue weighted by Gasteiger charge is 2.20. The van der Waals surface area contributed by atoms with Gasteiger partial charge in [-0.1, -0.05) is 182 Å². The molecule has 62 heavy (non-hydrogen) atoms. The van der Waals surface area contributed by atoms with Crippen LogP contribution in [0.1, 0.15) is 0 Å². The fraction of sp³-hybridized carbons (Fsp3) is 0. The summed E-state index contributed by atoms with van der Waals surface area (Å²) in [5, 5.41) is 4.15. The molecule has 12 aromatic rings. The summed E-state index contributed by atoms with van der Waals surface area (Å²) < 4.78 is 7.59. The normalized spacial score (nSPS) is 11.5. The van der Waals surface area contributed by atoms with Crippen LogP contribution < -0.4 is 0 Å². The molecule has 0 spiro atoms. The molecule has 0 radical (unpaired) electrons. The first-order valence-electron chi connectivity index (χ1n) is 20.6. The van der Waals surface area contributed by atoms with E-state index in [-0.39, 0.29) is 0 Å². The predicted octanol–water partition coefficient (Wildman–Crippen LogP) is 15.2. The van der Waals surface area contributed by atoms with Crippen molar-refractivity contribution in [1.82, 2.24) is 19.9 Å². The Balaban J connectivity index is 0.945. The van der Waals surface area contributed by atoms with E-state index in [9.17, 15) is 0 Å². The lowest BCUT2D eigenvalue weighted by Crippen LogP contribution is -1.95. The van der Waals surface area contributed by atoms with Crippen LogP contribution in [0, 0.1) is 0 Å². The summed E-state index contributed by atoms with van der Waals surface area (Å²) in [6.07, 6.45) is 0. The largest absolute Gasteiger partial charge is 0.438 e. The van der Waals surface area contributed by atoms with Gasteiger partial charge in [-0.2, -0.15) is 4.98 Å². The first-order chi connectivity index (χ1) is 30.7. The molecule has 0 aliphatic carbocycles. The third-order valence-corrected chi connectivity index (χ3v) is 12.6. The average molecular weight is 811 g/mol. The van der Waals surface area contributed by atoms with Crippen LogP contribution in [0.5, 0.6) is 0 Å². The third-order valence-electron chi connectivity index (χ3n) is 11.6. The van der Waals surface area contributed by atoms with E-state index < -0.39 is 0 Å². The van der Waals surface area contributed by atoms with Crippen molar-refractivity contribution in [3.63, 3.8) is 0 Å². The minimum atomic E-state index is 0.560. The molecular weight excluding hydrogens is 777 g/mol. The van der Waals surface area contributed by atoms with E-state index in [2.05, 4.69) is 176 Å². The van der Waals surface area contributed by atoms with Crippen LogP contribution in [0.4, 0.5) is 0 Å². The molecule has 5 nitrogen and oxygen atoms in total. The number of thiophene rings is 1. The van der Waals surface area contributed by atoms with Crippen LogP contribution in [0.2, 0.25) is 0 Å². The monoisotopic (exact) mass is 810 g/mol. The Morgan fingerprint density at radius 1 is 0.323 bits per heavy atom. The van der Waals surface area contributed by atoms with E-state index in [0.29, 0.717) is 17.4 Å². The van der Waals surface area contributed by atoms with Gasteiger partial charge in [0.25, 0.3) is 0 Å². The number of para-hydroxylation sites is 1. The van der Waals surface area contributed by atoms with Crippen molar-refractivity contribution < 1.29 is 4.42 Å². The molecule has 0 fully saturated rings. The van der Waals surface area contributed by atoms with Gasteiger partial charge in [0.2, 0.25) is 5.71 Å². The van der Waals surface area contributed by atoms with Gasteiger partial charge in [-0.3, -0.25) is 0 Å². The van der Waals surface area contributed by atoms with Crippen LogP contribution in [-0.2, 0) is 0 Å². The van der Waals surface area contributed by atoms with E-state index in [1.807, 2.05) is 30.3 Å². The zero-order valence-corrected chi connectivity index (χ0v) is 34.1. The molecule has 0 saturated carbocycles. The zero-order valence-electron chi connectivity index (χ0n) is 33.2. The highest BCUT2D eigenvalue weighted by atomic mass is 32.1. The van der Waals surface area contributed by atoms with Crippen molar-refractivity contribution in [2.24, 2.45) is 0 Å². The molecule has 0 saturated heterocycles. The van der Waals surface area contributed by atoms with Gasteiger partial charge in [0.05, 0.1) is 16.8 Å². The summed E-state index contributed by atoms with van der Waals surface area (Å²) in [7, 11) is 0. The Labute approximate surface area is 361 Å². The Hall–Kier alpha value is -8.06. The Morgan fingerprint density at radius 3 is 1.39 bits per heavy atom. The topological polar surface area (TPSA) is 64.7 Å². The second-order valence-corrected chi connectivity index (χ2v) is 16.4. The first-order valence-corrected chi connectivity index (χ1v) is 21.4. The number of nitrogens with zero attached hydrogens (tertiary/aromatic N) is 4. The molecule has 0 aliphatic heterocycles. The van der Waals surface area contributed by atoms with E-state index in [1.54, 1.807) is 11.3 Å². The second-order valence-electron chi connectivity index (χ2n) is 15.4.